The van der Waals surface area contributed by atoms with Crippen LogP contribution in [0.25, 0.3) is 33.4 Å². The molecule has 1 aromatic heterocycles. The van der Waals surface area contributed by atoms with Gasteiger partial charge in [0.1, 0.15) is 17.5 Å². The lowest BCUT2D eigenvalue weighted by atomic mass is 9.78. The van der Waals surface area contributed by atoms with Crippen LogP contribution in [0.15, 0.2) is 127 Å². The van der Waals surface area contributed by atoms with Gasteiger partial charge in [-0.2, -0.15) is 0 Å². The van der Waals surface area contributed by atoms with Gasteiger partial charge in [-0.3, -0.25) is 0 Å². The molecule has 0 radical (unpaired) electrons. The maximum absolute atomic E-state index is 4.01. The lowest BCUT2D eigenvalue weighted by molar-refractivity contribution is 0.240. The molecular formula is C66H89N3. The minimum absolute atomic E-state index is 0.667. The van der Waals surface area contributed by atoms with Gasteiger partial charge in [-0.05, 0) is 170 Å². The number of aryl methyl sites for hydroxylation is 12. The number of benzene rings is 6. The summed E-state index contributed by atoms with van der Waals surface area (Å²) in [5, 5.41) is 0. The summed E-state index contributed by atoms with van der Waals surface area (Å²) < 4.78 is 0. The second kappa shape index (κ2) is 30.0. The van der Waals surface area contributed by atoms with Crippen molar-refractivity contribution in [2.75, 3.05) is 0 Å². The largest absolute Gasteiger partial charge is 0.219 e. The van der Waals surface area contributed by atoms with E-state index in [2.05, 4.69) is 232 Å². The smallest absolute Gasteiger partial charge is 0.129 e. The number of rotatable bonds is 13. The molecule has 0 atom stereocenters. The van der Waals surface area contributed by atoms with Crippen LogP contribution in [-0.4, -0.2) is 15.0 Å². The number of aromatic nitrogens is 3. The monoisotopic (exact) mass is 924 g/mol. The van der Waals surface area contributed by atoms with Gasteiger partial charge in [-0.1, -0.05) is 221 Å². The van der Waals surface area contributed by atoms with E-state index in [1.165, 1.54) is 109 Å². The fourth-order valence-corrected chi connectivity index (χ4v) is 8.86. The molecule has 0 amide bonds. The van der Waals surface area contributed by atoms with Crippen LogP contribution < -0.4 is 0 Å². The third kappa shape index (κ3) is 19.3. The first kappa shape index (κ1) is 57.6. The number of hydrogen-bond donors (Lipinski definition) is 0. The van der Waals surface area contributed by atoms with E-state index in [1.54, 1.807) is 0 Å². The highest BCUT2D eigenvalue weighted by atomic mass is 15.0. The topological polar surface area (TPSA) is 38.7 Å². The van der Waals surface area contributed by atoms with Crippen molar-refractivity contribution in [2.24, 2.45) is 5.41 Å². The zero-order valence-electron chi connectivity index (χ0n) is 46.0. The SMILES string of the molecule is CCC(CC)(CC)CC.CCc1cc(CC)cc(CC)c1.CCc1ccc(-c2cc(-c3ccc(CC)cc3)cc(-c3ccc(CC)cc3)c2)cc1.Cc1cc(C)cc(C)c1.Cc1nc(C)nc(C)n1. The van der Waals surface area contributed by atoms with E-state index < -0.39 is 0 Å². The average molecular weight is 924 g/mol. The van der Waals surface area contributed by atoms with Crippen molar-refractivity contribution in [3.63, 3.8) is 0 Å². The molecule has 1 heterocycles. The van der Waals surface area contributed by atoms with Gasteiger partial charge in [0, 0.05) is 0 Å². The van der Waals surface area contributed by atoms with Crippen molar-refractivity contribution in [2.45, 2.75) is 175 Å². The Kier molecular flexibility index (Phi) is 25.1. The van der Waals surface area contributed by atoms with E-state index in [9.17, 15) is 0 Å². The molecule has 368 valence electrons. The lowest BCUT2D eigenvalue weighted by Gasteiger charge is -2.28. The highest BCUT2D eigenvalue weighted by molar-refractivity contribution is 5.81. The van der Waals surface area contributed by atoms with Crippen LogP contribution in [0.3, 0.4) is 0 Å². The fraction of sp³-hybridized carbons (Fsp3) is 0.409. The van der Waals surface area contributed by atoms with Crippen LogP contribution in [-0.2, 0) is 38.5 Å². The summed E-state index contributed by atoms with van der Waals surface area (Å²) in [5.41, 5.74) is 20.9. The van der Waals surface area contributed by atoms with E-state index in [0.29, 0.717) is 5.41 Å². The molecule has 0 spiro atoms. The maximum Gasteiger partial charge on any atom is 0.129 e. The molecule has 7 rings (SSSR count). The second-order valence-corrected chi connectivity index (χ2v) is 18.7. The van der Waals surface area contributed by atoms with Crippen molar-refractivity contribution < 1.29 is 0 Å². The molecular weight excluding hydrogens is 835 g/mol. The van der Waals surface area contributed by atoms with Crippen LogP contribution in [0.4, 0.5) is 0 Å². The van der Waals surface area contributed by atoms with Gasteiger partial charge >= 0.3 is 0 Å². The minimum Gasteiger partial charge on any atom is -0.219 e. The summed E-state index contributed by atoms with van der Waals surface area (Å²) in [4.78, 5) is 12.0. The number of nitrogens with zero attached hydrogens (tertiary/aromatic N) is 3. The highest BCUT2D eigenvalue weighted by Gasteiger charge is 2.20. The predicted octanol–water partition coefficient (Wildman–Crippen LogP) is 18.8. The Labute approximate surface area is 421 Å². The molecule has 3 heteroatoms. The Morgan fingerprint density at radius 3 is 0.652 bits per heavy atom. The third-order valence-electron chi connectivity index (χ3n) is 13.7. The fourth-order valence-electron chi connectivity index (χ4n) is 8.86. The van der Waals surface area contributed by atoms with E-state index in [4.69, 9.17) is 0 Å². The molecule has 0 N–H and O–H groups in total. The van der Waals surface area contributed by atoms with E-state index >= 15 is 0 Å². The normalized spacial score (nSPS) is 10.6. The summed E-state index contributed by atoms with van der Waals surface area (Å²) in [5.74, 6) is 2.38. The molecule has 3 nitrogen and oxygen atoms in total. The van der Waals surface area contributed by atoms with Crippen molar-refractivity contribution in [3.8, 4) is 33.4 Å². The first-order valence-corrected chi connectivity index (χ1v) is 26.4. The van der Waals surface area contributed by atoms with Crippen molar-refractivity contribution in [1.82, 2.24) is 15.0 Å². The van der Waals surface area contributed by atoms with Gasteiger partial charge in [-0.15, -0.1) is 0 Å². The standard InChI is InChI=1S/C30H30.C12H18.C9H12.C9H20.C6H9N3/c1-4-22-7-13-25(14-8-22)28-19-29(26-15-9-23(5-2)10-16-26)21-30(20-28)27-17-11-24(6-3)12-18-27;1-4-10-7-11(5-2)9-12(6-3)8-10;1-7-4-8(2)6-9(3)5-7;1-5-9(6-2,7-3)8-4;1-4-7-5(2)9-6(3)8-4/h7-21H,4-6H2,1-3H3;7-9H,4-6H2,1-3H3;4-6H,1-3H3;5-8H2,1-4H3;1-3H3. The molecule has 0 aliphatic rings. The first-order valence-electron chi connectivity index (χ1n) is 26.4. The molecule has 69 heavy (non-hydrogen) atoms. The molecule has 0 bridgehead atoms. The summed E-state index contributed by atoms with van der Waals surface area (Å²) in [6.07, 6.45) is 12.0. The van der Waals surface area contributed by atoms with Gasteiger partial charge in [0.25, 0.3) is 0 Å². The first-order chi connectivity index (χ1) is 33.1. The lowest BCUT2D eigenvalue weighted by Crippen LogP contribution is -2.15. The van der Waals surface area contributed by atoms with E-state index in [-0.39, 0.29) is 0 Å². The molecule has 0 fully saturated rings. The Morgan fingerprint density at radius 1 is 0.261 bits per heavy atom. The zero-order chi connectivity index (χ0) is 50.9. The van der Waals surface area contributed by atoms with Crippen LogP contribution in [0.5, 0.6) is 0 Å². The van der Waals surface area contributed by atoms with Gasteiger partial charge in [0.2, 0.25) is 0 Å². The molecule has 6 aromatic carbocycles. The second-order valence-electron chi connectivity index (χ2n) is 18.7. The molecule has 0 aliphatic carbocycles. The molecule has 0 aliphatic heterocycles. The molecule has 0 saturated carbocycles. The van der Waals surface area contributed by atoms with Crippen LogP contribution in [0.1, 0.15) is 162 Å². The van der Waals surface area contributed by atoms with Gasteiger partial charge in [0.05, 0.1) is 0 Å². The summed E-state index contributed by atoms with van der Waals surface area (Å²) in [6, 6.07) is 47.5. The Balaban J connectivity index is 0.000000264. The highest BCUT2D eigenvalue weighted by Crippen LogP contribution is 2.34. The van der Waals surface area contributed by atoms with Crippen molar-refractivity contribution >= 4 is 0 Å². The van der Waals surface area contributed by atoms with Crippen LogP contribution in [0, 0.1) is 47.0 Å². The van der Waals surface area contributed by atoms with Gasteiger partial charge in [0.15, 0.2) is 0 Å². The van der Waals surface area contributed by atoms with Crippen LogP contribution >= 0.6 is 0 Å². The quantitative estimate of drug-likeness (QED) is 0.116. The average Bonchev–Trinajstić information content (AvgIpc) is 3.37. The third-order valence-corrected chi connectivity index (χ3v) is 13.7. The molecule has 0 unspecified atom stereocenters. The molecule has 0 saturated heterocycles. The van der Waals surface area contributed by atoms with Gasteiger partial charge < -0.3 is 0 Å². The minimum atomic E-state index is 0.667. The van der Waals surface area contributed by atoms with E-state index in [1.807, 2.05) is 20.8 Å². The Bertz CT molecular complexity index is 2160. The summed E-state index contributed by atoms with van der Waals surface area (Å²) in [7, 11) is 0. The zero-order valence-corrected chi connectivity index (χ0v) is 46.0. The number of hydrogen-bond acceptors (Lipinski definition) is 3. The molecule has 7 aromatic rings. The predicted molar refractivity (Wildman–Crippen MR) is 304 cm³/mol. The van der Waals surface area contributed by atoms with Crippen molar-refractivity contribution in [1.29, 1.82) is 0 Å². The Hall–Kier alpha value is -5.67. The Morgan fingerprint density at radius 2 is 0.478 bits per heavy atom. The summed E-state index contributed by atoms with van der Waals surface area (Å²) in [6.45, 7) is 34.4. The summed E-state index contributed by atoms with van der Waals surface area (Å²) >= 11 is 0. The van der Waals surface area contributed by atoms with Crippen LogP contribution in [0.2, 0.25) is 0 Å². The maximum atomic E-state index is 4.01. The van der Waals surface area contributed by atoms with Crippen molar-refractivity contribution in [3.05, 3.63) is 195 Å². The van der Waals surface area contributed by atoms with E-state index in [0.717, 1.165) is 56.0 Å². The van der Waals surface area contributed by atoms with Gasteiger partial charge in [-0.25, -0.2) is 15.0 Å².